The predicted molar refractivity (Wildman–Crippen MR) is 79.2 cm³/mol. The van der Waals surface area contributed by atoms with Crippen LogP contribution in [0.4, 0.5) is 10.6 Å². The molecule has 1 saturated heterocycles. The van der Waals surface area contributed by atoms with Crippen molar-refractivity contribution in [2.45, 2.75) is 44.8 Å². The molecule has 1 aromatic heterocycles. The minimum atomic E-state index is -0.160. The van der Waals surface area contributed by atoms with E-state index in [-0.39, 0.29) is 18.2 Å². The Kier molecular flexibility index (Phi) is 4.22. The number of nitrogens with zero attached hydrogens (tertiary/aromatic N) is 4. The minimum Gasteiger partial charge on any atom is -0.446 e. The molecule has 1 atom stereocenters. The highest BCUT2D eigenvalue weighted by molar-refractivity contribution is 5.68. The number of rotatable bonds is 2. The van der Waals surface area contributed by atoms with Gasteiger partial charge in [-0.15, -0.1) is 0 Å². The summed E-state index contributed by atoms with van der Waals surface area (Å²) < 4.78 is 5.58. The summed E-state index contributed by atoms with van der Waals surface area (Å²) in [5, 5.41) is 0. The van der Waals surface area contributed by atoms with Gasteiger partial charge in [-0.3, -0.25) is 4.98 Å². The number of anilines is 1. The molecule has 0 N–H and O–H groups in total. The van der Waals surface area contributed by atoms with E-state index >= 15 is 0 Å². The zero-order valence-corrected chi connectivity index (χ0v) is 12.4. The molecule has 0 bridgehead atoms. The second kappa shape index (κ2) is 6.28. The fourth-order valence-corrected chi connectivity index (χ4v) is 3.13. The lowest BCUT2D eigenvalue weighted by Gasteiger charge is -2.40. The maximum atomic E-state index is 12.2. The van der Waals surface area contributed by atoms with Crippen LogP contribution in [0.15, 0.2) is 18.6 Å². The van der Waals surface area contributed by atoms with Crippen LogP contribution >= 0.6 is 0 Å². The van der Waals surface area contributed by atoms with E-state index in [1.54, 1.807) is 18.6 Å². The van der Waals surface area contributed by atoms with Gasteiger partial charge in [0, 0.05) is 38.1 Å². The fraction of sp³-hybridized carbons (Fsp3) is 0.667. The number of amides is 1. The summed E-state index contributed by atoms with van der Waals surface area (Å²) in [7, 11) is 0. The molecule has 1 saturated carbocycles. The van der Waals surface area contributed by atoms with Crippen molar-refractivity contribution in [3.63, 3.8) is 0 Å². The van der Waals surface area contributed by atoms with Gasteiger partial charge in [-0.1, -0.05) is 0 Å². The smallest absolute Gasteiger partial charge is 0.410 e. The third kappa shape index (κ3) is 3.25. The molecule has 2 aliphatic rings. The van der Waals surface area contributed by atoms with Gasteiger partial charge in [-0.05, 0) is 32.6 Å². The van der Waals surface area contributed by atoms with Gasteiger partial charge in [0.2, 0.25) is 0 Å². The van der Waals surface area contributed by atoms with Gasteiger partial charge in [-0.2, -0.15) is 0 Å². The van der Waals surface area contributed by atoms with Crippen LogP contribution in [0.5, 0.6) is 0 Å². The number of carbonyl (C=O) groups is 1. The number of carbonyl (C=O) groups excluding carboxylic acids is 1. The third-order valence-electron chi connectivity index (χ3n) is 4.30. The number of hydrogen-bond donors (Lipinski definition) is 0. The second-order valence-corrected chi connectivity index (χ2v) is 5.84. The second-order valence-electron chi connectivity index (χ2n) is 5.84. The van der Waals surface area contributed by atoms with Crippen molar-refractivity contribution in [2.24, 2.45) is 0 Å². The summed E-state index contributed by atoms with van der Waals surface area (Å²) in [5.74, 6) is 0.869. The highest BCUT2D eigenvalue weighted by Crippen LogP contribution is 2.23. The average molecular weight is 290 g/mol. The topological polar surface area (TPSA) is 58.6 Å². The first kappa shape index (κ1) is 14.1. The molecule has 1 aromatic rings. The Morgan fingerprint density at radius 1 is 1.29 bits per heavy atom. The van der Waals surface area contributed by atoms with E-state index in [0.717, 1.165) is 25.2 Å². The Bertz CT molecular complexity index is 476. The van der Waals surface area contributed by atoms with Crippen molar-refractivity contribution in [3.8, 4) is 0 Å². The van der Waals surface area contributed by atoms with Crippen LogP contribution in [-0.2, 0) is 4.74 Å². The van der Waals surface area contributed by atoms with E-state index < -0.39 is 0 Å². The largest absolute Gasteiger partial charge is 0.446 e. The van der Waals surface area contributed by atoms with Crippen molar-refractivity contribution < 1.29 is 9.53 Å². The molecule has 21 heavy (non-hydrogen) atoms. The Morgan fingerprint density at radius 3 is 2.76 bits per heavy atom. The zero-order valence-electron chi connectivity index (χ0n) is 12.4. The molecule has 3 rings (SSSR count). The van der Waals surface area contributed by atoms with Gasteiger partial charge in [0.1, 0.15) is 11.9 Å². The molecule has 6 nitrogen and oxygen atoms in total. The van der Waals surface area contributed by atoms with Gasteiger partial charge < -0.3 is 14.5 Å². The van der Waals surface area contributed by atoms with Crippen LogP contribution in [0.3, 0.4) is 0 Å². The Labute approximate surface area is 125 Å². The molecule has 0 aromatic carbocycles. The first-order chi connectivity index (χ1) is 10.2. The Hall–Kier alpha value is -1.85. The summed E-state index contributed by atoms with van der Waals surface area (Å²) in [6.07, 6.45) is 9.49. The fourth-order valence-electron chi connectivity index (χ4n) is 3.13. The summed E-state index contributed by atoms with van der Waals surface area (Å²) >= 11 is 0. The molecule has 0 unspecified atom stereocenters. The lowest BCUT2D eigenvalue weighted by Crippen LogP contribution is -2.54. The minimum absolute atomic E-state index is 0.130. The van der Waals surface area contributed by atoms with Crippen molar-refractivity contribution >= 4 is 11.9 Å². The molecule has 2 fully saturated rings. The van der Waals surface area contributed by atoms with Crippen LogP contribution in [0.25, 0.3) is 0 Å². The van der Waals surface area contributed by atoms with E-state index in [1.165, 1.54) is 12.8 Å². The van der Waals surface area contributed by atoms with E-state index in [0.29, 0.717) is 13.1 Å². The molecule has 0 radical (unpaired) electrons. The SMILES string of the molecule is C[C@H]1CN(C(=O)OC2CCCC2)CCN1c1cnccn1. The number of piperazine rings is 1. The van der Waals surface area contributed by atoms with Crippen LogP contribution in [-0.4, -0.2) is 52.7 Å². The molecule has 1 aliphatic heterocycles. The Balaban J connectivity index is 1.56. The summed E-state index contributed by atoms with van der Waals surface area (Å²) in [6.45, 7) is 4.21. The predicted octanol–water partition coefficient (Wildman–Crippen LogP) is 2.07. The maximum absolute atomic E-state index is 12.2. The normalized spacial score (nSPS) is 23.4. The van der Waals surface area contributed by atoms with Crippen LogP contribution < -0.4 is 4.90 Å². The lowest BCUT2D eigenvalue weighted by atomic mass is 10.2. The van der Waals surface area contributed by atoms with Crippen molar-refractivity contribution in [2.75, 3.05) is 24.5 Å². The first-order valence-corrected chi connectivity index (χ1v) is 7.72. The molecule has 6 heteroatoms. The molecule has 1 amide bonds. The highest BCUT2D eigenvalue weighted by Gasteiger charge is 2.30. The van der Waals surface area contributed by atoms with E-state index in [2.05, 4.69) is 21.8 Å². The van der Waals surface area contributed by atoms with Gasteiger partial charge in [0.05, 0.1) is 6.20 Å². The lowest BCUT2D eigenvalue weighted by molar-refractivity contribution is 0.0606. The molecular weight excluding hydrogens is 268 g/mol. The van der Waals surface area contributed by atoms with Gasteiger partial charge in [0.25, 0.3) is 0 Å². The summed E-state index contributed by atoms with van der Waals surface area (Å²) in [5.41, 5.74) is 0. The van der Waals surface area contributed by atoms with E-state index in [1.807, 2.05) is 4.90 Å². The zero-order chi connectivity index (χ0) is 14.7. The molecule has 0 spiro atoms. The standard InChI is InChI=1S/C15H22N4O2/c1-12-11-18(15(20)21-13-4-2-3-5-13)8-9-19(12)14-10-16-6-7-17-14/h6-7,10,12-13H,2-5,8-9,11H2,1H3/t12-/m0/s1. The molecular formula is C15H22N4O2. The Morgan fingerprint density at radius 2 is 2.10 bits per heavy atom. The van der Waals surface area contributed by atoms with Crippen molar-refractivity contribution in [1.82, 2.24) is 14.9 Å². The van der Waals surface area contributed by atoms with Crippen molar-refractivity contribution in [3.05, 3.63) is 18.6 Å². The van der Waals surface area contributed by atoms with Gasteiger partial charge >= 0.3 is 6.09 Å². The van der Waals surface area contributed by atoms with E-state index in [4.69, 9.17) is 4.74 Å². The summed E-state index contributed by atoms with van der Waals surface area (Å²) in [6, 6.07) is 0.214. The van der Waals surface area contributed by atoms with Gasteiger partial charge in [-0.25, -0.2) is 9.78 Å². The van der Waals surface area contributed by atoms with E-state index in [9.17, 15) is 4.79 Å². The molecule has 1 aliphatic carbocycles. The van der Waals surface area contributed by atoms with Crippen LogP contribution in [0, 0.1) is 0 Å². The number of hydrogen-bond acceptors (Lipinski definition) is 5. The number of ether oxygens (including phenoxy) is 1. The van der Waals surface area contributed by atoms with Gasteiger partial charge in [0.15, 0.2) is 0 Å². The quantitative estimate of drug-likeness (QED) is 0.834. The van der Waals surface area contributed by atoms with Crippen LogP contribution in [0.2, 0.25) is 0 Å². The van der Waals surface area contributed by atoms with Crippen LogP contribution in [0.1, 0.15) is 32.6 Å². The number of aromatic nitrogens is 2. The highest BCUT2D eigenvalue weighted by atomic mass is 16.6. The third-order valence-corrected chi connectivity index (χ3v) is 4.30. The molecule has 114 valence electrons. The first-order valence-electron chi connectivity index (χ1n) is 7.72. The average Bonchev–Trinajstić information content (AvgIpc) is 3.01. The summed E-state index contributed by atoms with van der Waals surface area (Å²) in [4.78, 5) is 24.6. The maximum Gasteiger partial charge on any atom is 0.410 e. The molecule has 2 heterocycles. The monoisotopic (exact) mass is 290 g/mol. The van der Waals surface area contributed by atoms with Crippen molar-refractivity contribution in [1.29, 1.82) is 0 Å².